The van der Waals surface area contributed by atoms with Crippen LogP contribution in [0.15, 0.2) is 22.7 Å². The fourth-order valence-electron chi connectivity index (χ4n) is 3.27. The summed E-state index contributed by atoms with van der Waals surface area (Å²) < 4.78 is 1.05. The number of nitrogens with one attached hydrogen (secondary N) is 1. The van der Waals surface area contributed by atoms with Crippen LogP contribution < -0.4 is 16.0 Å². The van der Waals surface area contributed by atoms with Gasteiger partial charge in [0.25, 0.3) is 0 Å². The molecule has 2 aliphatic rings. The molecule has 102 valence electrons. The molecule has 0 spiro atoms. The number of piperidine rings is 1. The topological polar surface area (TPSA) is 58.4 Å². The van der Waals surface area contributed by atoms with Crippen LogP contribution in [-0.4, -0.2) is 25.0 Å². The number of nitrogens with zero attached hydrogens (tertiary/aromatic N) is 1. The number of nitrogens with two attached hydrogens (primary N) is 1. The van der Waals surface area contributed by atoms with Crippen LogP contribution in [0.25, 0.3) is 0 Å². The van der Waals surface area contributed by atoms with Crippen LogP contribution in [0.1, 0.15) is 18.4 Å². The highest BCUT2D eigenvalue weighted by Crippen LogP contribution is 2.35. The molecule has 4 nitrogen and oxygen atoms in total. The van der Waals surface area contributed by atoms with Gasteiger partial charge in [0, 0.05) is 35.4 Å². The Bertz CT molecular complexity index is 505. The van der Waals surface area contributed by atoms with Crippen molar-refractivity contribution in [3.8, 4) is 0 Å². The lowest BCUT2D eigenvalue weighted by Crippen LogP contribution is -2.46. The molecule has 1 aromatic rings. The fourth-order valence-corrected chi connectivity index (χ4v) is 3.79. The van der Waals surface area contributed by atoms with Crippen molar-refractivity contribution >= 4 is 27.5 Å². The Morgan fingerprint density at radius 1 is 1.47 bits per heavy atom. The van der Waals surface area contributed by atoms with E-state index in [-0.39, 0.29) is 17.9 Å². The minimum atomic E-state index is 0.137. The minimum Gasteiger partial charge on any atom is -0.366 e. The Kier molecular flexibility index (Phi) is 3.50. The van der Waals surface area contributed by atoms with Gasteiger partial charge in [0.2, 0.25) is 5.91 Å². The quantitative estimate of drug-likeness (QED) is 0.869. The summed E-state index contributed by atoms with van der Waals surface area (Å²) in [6, 6.07) is 6.44. The number of carbonyl (C=O) groups is 1. The SMILES string of the molecule is NCc1c(Br)cccc1N1CCCC2C(=O)NCC21. The first kappa shape index (κ1) is 12.9. The zero-order valence-electron chi connectivity index (χ0n) is 10.7. The van der Waals surface area contributed by atoms with Crippen molar-refractivity contribution in [1.82, 2.24) is 5.32 Å². The molecule has 0 aliphatic carbocycles. The van der Waals surface area contributed by atoms with Gasteiger partial charge in [-0.25, -0.2) is 0 Å². The summed E-state index contributed by atoms with van der Waals surface area (Å²) in [5.74, 6) is 0.345. The summed E-state index contributed by atoms with van der Waals surface area (Å²) >= 11 is 3.57. The number of anilines is 1. The fraction of sp³-hybridized carbons (Fsp3) is 0.500. The first-order valence-electron chi connectivity index (χ1n) is 6.74. The number of amides is 1. The summed E-state index contributed by atoms with van der Waals surface area (Å²) in [4.78, 5) is 14.2. The standard InChI is InChI=1S/C14H18BrN3O/c15-11-4-1-5-12(10(11)7-16)18-6-2-3-9-13(18)8-17-14(9)19/h1,4-5,9,13H,2-3,6-8,16H2,(H,17,19). The lowest BCUT2D eigenvalue weighted by molar-refractivity contribution is -0.122. The van der Waals surface area contributed by atoms with Gasteiger partial charge in [0.15, 0.2) is 0 Å². The van der Waals surface area contributed by atoms with Crippen LogP contribution in [-0.2, 0) is 11.3 Å². The molecular weight excluding hydrogens is 306 g/mol. The van der Waals surface area contributed by atoms with Crippen LogP contribution in [0.4, 0.5) is 5.69 Å². The van der Waals surface area contributed by atoms with E-state index in [1.807, 2.05) is 12.1 Å². The van der Waals surface area contributed by atoms with Crippen LogP contribution in [0.3, 0.4) is 0 Å². The second-order valence-corrected chi connectivity index (χ2v) is 6.05. The Morgan fingerprint density at radius 3 is 3.11 bits per heavy atom. The highest BCUT2D eigenvalue weighted by Gasteiger charge is 2.41. The van der Waals surface area contributed by atoms with E-state index in [0.717, 1.165) is 36.0 Å². The Hall–Kier alpha value is -1.07. The molecule has 5 heteroatoms. The van der Waals surface area contributed by atoms with Gasteiger partial charge in [-0.3, -0.25) is 4.79 Å². The number of fused-ring (bicyclic) bond motifs is 1. The molecule has 2 heterocycles. The van der Waals surface area contributed by atoms with Crippen LogP contribution in [0.2, 0.25) is 0 Å². The summed E-state index contributed by atoms with van der Waals surface area (Å²) in [6.07, 6.45) is 2.06. The number of halogens is 1. The minimum absolute atomic E-state index is 0.137. The molecule has 0 radical (unpaired) electrons. The van der Waals surface area contributed by atoms with Gasteiger partial charge in [-0.1, -0.05) is 22.0 Å². The van der Waals surface area contributed by atoms with E-state index in [9.17, 15) is 4.79 Å². The number of hydrogen-bond donors (Lipinski definition) is 2. The van der Waals surface area contributed by atoms with Gasteiger partial charge in [-0.2, -0.15) is 0 Å². The Morgan fingerprint density at radius 2 is 2.32 bits per heavy atom. The molecular formula is C14H18BrN3O. The van der Waals surface area contributed by atoms with Gasteiger partial charge >= 0.3 is 0 Å². The van der Waals surface area contributed by atoms with Gasteiger partial charge in [-0.15, -0.1) is 0 Å². The van der Waals surface area contributed by atoms with E-state index in [2.05, 4.69) is 32.2 Å². The molecule has 3 rings (SSSR count). The molecule has 19 heavy (non-hydrogen) atoms. The first-order chi connectivity index (χ1) is 9.22. The maximum Gasteiger partial charge on any atom is 0.225 e. The van der Waals surface area contributed by atoms with Crippen LogP contribution in [0, 0.1) is 5.92 Å². The Balaban J connectivity index is 1.97. The molecule has 0 saturated carbocycles. The highest BCUT2D eigenvalue weighted by molar-refractivity contribution is 9.10. The van der Waals surface area contributed by atoms with E-state index in [4.69, 9.17) is 5.73 Å². The molecule has 1 aromatic carbocycles. The predicted molar refractivity (Wildman–Crippen MR) is 78.9 cm³/mol. The van der Waals surface area contributed by atoms with Crippen molar-refractivity contribution in [2.24, 2.45) is 11.7 Å². The third kappa shape index (κ3) is 2.15. The maximum atomic E-state index is 11.8. The number of carbonyl (C=O) groups excluding carboxylic acids is 1. The molecule has 0 aromatic heterocycles. The average Bonchev–Trinajstić information content (AvgIpc) is 2.80. The van der Waals surface area contributed by atoms with E-state index < -0.39 is 0 Å². The molecule has 3 N–H and O–H groups in total. The van der Waals surface area contributed by atoms with Crippen molar-refractivity contribution in [2.75, 3.05) is 18.0 Å². The summed E-state index contributed by atoms with van der Waals surface area (Å²) in [5.41, 5.74) is 8.18. The van der Waals surface area contributed by atoms with E-state index in [0.29, 0.717) is 6.54 Å². The van der Waals surface area contributed by atoms with Crippen molar-refractivity contribution < 1.29 is 4.79 Å². The Labute approximate surface area is 121 Å². The number of benzene rings is 1. The molecule has 2 aliphatic heterocycles. The van der Waals surface area contributed by atoms with Crippen molar-refractivity contribution in [2.45, 2.75) is 25.4 Å². The molecule has 2 saturated heterocycles. The molecule has 2 unspecified atom stereocenters. The average molecular weight is 324 g/mol. The second kappa shape index (κ2) is 5.13. The molecule has 2 atom stereocenters. The van der Waals surface area contributed by atoms with Crippen molar-refractivity contribution in [3.05, 3.63) is 28.2 Å². The zero-order valence-corrected chi connectivity index (χ0v) is 12.3. The highest BCUT2D eigenvalue weighted by atomic mass is 79.9. The molecule has 0 bridgehead atoms. The molecule has 1 amide bonds. The smallest absolute Gasteiger partial charge is 0.225 e. The number of hydrogen-bond acceptors (Lipinski definition) is 3. The largest absolute Gasteiger partial charge is 0.366 e. The third-order valence-electron chi connectivity index (χ3n) is 4.21. The third-order valence-corrected chi connectivity index (χ3v) is 4.95. The van der Waals surface area contributed by atoms with Crippen molar-refractivity contribution in [3.63, 3.8) is 0 Å². The summed E-state index contributed by atoms with van der Waals surface area (Å²) in [6.45, 7) is 2.26. The van der Waals surface area contributed by atoms with E-state index in [1.54, 1.807) is 0 Å². The van der Waals surface area contributed by atoms with Gasteiger partial charge < -0.3 is 16.0 Å². The lowest BCUT2D eigenvalue weighted by atomic mass is 9.90. The first-order valence-corrected chi connectivity index (χ1v) is 7.53. The predicted octanol–water partition coefficient (Wildman–Crippen LogP) is 1.62. The van der Waals surface area contributed by atoms with Crippen molar-refractivity contribution in [1.29, 1.82) is 0 Å². The van der Waals surface area contributed by atoms with Gasteiger partial charge in [0.1, 0.15) is 0 Å². The molecule has 2 fully saturated rings. The maximum absolute atomic E-state index is 11.8. The van der Waals surface area contributed by atoms with Gasteiger partial charge in [-0.05, 0) is 25.0 Å². The van der Waals surface area contributed by atoms with E-state index in [1.165, 1.54) is 5.69 Å². The van der Waals surface area contributed by atoms with Gasteiger partial charge in [0.05, 0.1) is 12.0 Å². The second-order valence-electron chi connectivity index (χ2n) is 5.20. The monoisotopic (exact) mass is 323 g/mol. The van der Waals surface area contributed by atoms with Crippen LogP contribution >= 0.6 is 15.9 Å². The van der Waals surface area contributed by atoms with Crippen LogP contribution in [0.5, 0.6) is 0 Å². The summed E-state index contributed by atoms with van der Waals surface area (Å²) in [7, 11) is 0. The lowest BCUT2D eigenvalue weighted by Gasteiger charge is -2.39. The zero-order chi connectivity index (χ0) is 13.4. The van der Waals surface area contributed by atoms with E-state index >= 15 is 0 Å². The number of rotatable bonds is 2. The normalized spacial score (nSPS) is 26.2. The summed E-state index contributed by atoms with van der Waals surface area (Å²) in [5, 5.41) is 2.99.